The molecule has 7 heteroatoms. The number of hydrogen-bond acceptors (Lipinski definition) is 3. The lowest BCUT2D eigenvalue weighted by molar-refractivity contribution is -0.122. The molecule has 1 saturated heterocycles. The fraction of sp³-hybridized carbons (Fsp3) is 0.174. The number of para-hydroxylation sites is 1. The average Bonchev–Trinajstić information content (AvgIpc) is 3.07. The molecule has 152 valence electrons. The predicted molar refractivity (Wildman–Crippen MR) is 125 cm³/mol. The lowest BCUT2D eigenvalue weighted by Crippen LogP contribution is -2.54. The van der Waals surface area contributed by atoms with Gasteiger partial charge in [-0.05, 0) is 62.8 Å². The number of carbonyl (C=O) groups is 2. The third kappa shape index (κ3) is 3.32. The maximum Gasteiger partial charge on any atom is 0.270 e. The molecule has 2 aromatic carbocycles. The van der Waals surface area contributed by atoms with Crippen LogP contribution in [0, 0.1) is 6.92 Å². The molecule has 3 aromatic rings. The highest BCUT2D eigenvalue weighted by atomic mass is 35.5. The van der Waals surface area contributed by atoms with Gasteiger partial charge < -0.3 is 4.57 Å². The normalized spacial score (nSPS) is 16.1. The number of benzene rings is 2. The highest BCUT2D eigenvalue weighted by molar-refractivity contribution is 7.80. The van der Waals surface area contributed by atoms with E-state index in [0.29, 0.717) is 16.3 Å². The summed E-state index contributed by atoms with van der Waals surface area (Å²) in [6.07, 6.45) is 3.60. The van der Waals surface area contributed by atoms with Gasteiger partial charge in [-0.1, -0.05) is 35.9 Å². The highest BCUT2D eigenvalue weighted by Gasteiger charge is 2.35. The van der Waals surface area contributed by atoms with E-state index in [-0.39, 0.29) is 16.7 Å². The van der Waals surface area contributed by atoms with Crippen LogP contribution < -0.4 is 10.2 Å². The van der Waals surface area contributed by atoms with Crippen LogP contribution in [0.4, 0.5) is 5.69 Å². The molecule has 1 N–H and O–H groups in total. The van der Waals surface area contributed by atoms with Crippen LogP contribution >= 0.6 is 23.8 Å². The van der Waals surface area contributed by atoms with Crippen LogP contribution in [0.5, 0.6) is 0 Å². The van der Waals surface area contributed by atoms with Crippen molar-refractivity contribution >= 4 is 63.4 Å². The van der Waals surface area contributed by atoms with Gasteiger partial charge in [-0.25, -0.2) is 0 Å². The van der Waals surface area contributed by atoms with E-state index >= 15 is 0 Å². The van der Waals surface area contributed by atoms with E-state index in [2.05, 4.69) is 23.7 Å². The SMILES string of the molecule is Cc1c(Cl)cccc1N1C(=O)/C(=C/c2cn(C(C)C)c3ccccc23)C(=O)NC1=S. The maximum atomic E-state index is 13.4. The molecule has 0 spiro atoms. The maximum absolute atomic E-state index is 13.4. The summed E-state index contributed by atoms with van der Waals surface area (Å²) >= 11 is 11.5. The van der Waals surface area contributed by atoms with Gasteiger partial charge in [0.05, 0.1) is 5.69 Å². The second-order valence-corrected chi connectivity index (χ2v) is 8.24. The lowest BCUT2D eigenvalue weighted by atomic mass is 10.1. The largest absolute Gasteiger partial charge is 0.344 e. The van der Waals surface area contributed by atoms with Crippen molar-refractivity contribution in [1.82, 2.24) is 9.88 Å². The van der Waals surface area contributed by atoms with E-state index in [1.165, 1.54) is 4.90 Å². The van der Waals surface area contributed by atoms with Crippen LogP contribution in [-0.2, 0) is 9.59 Å². The van der Waals surface area contributed by atoms with Gasteiger partial charge in [0, 0.05) is 33.7 Å². The van der Waals surface area contributed by atoms with E-state index in [4.69, 9.17) is 23.8 Å². The number of nitrogens with one attached hydrogen (secondary N) is 1. The molecular weight excluding hydrogens is 418 g/mol. The van der Waals surface area contributed by atoms with Crippen LogP contribution in [0.25, 0.3) is 17.0 Å². The van der Waals surface area contributed by atoms with Gasteiger partial charge >= 0.3 is 0 Å². The van der Waals surface area contributed by atoms with Crippen molar-refractivity contribution in [1.29, 1.82) is 0 Å². The highest BCUT2D eigenvalue weighted by Crippen LogP contribution is 2.31. The lowest BCUT2D eigenvalue weighted by Gasteiger charge is -2.30. The Bertz CT molecular complexity index is 1240. The van der Waals surface area contributed by atoms with E-state index < -0.39 is 11.8 Å². The van der Waals surface area contributed by atoms with E-state index in [9.17, 15) is 9.59 Å². The molecule has 2 heterocycles. The van der Waals surface area contributed by atoms with Gasteiger partial charge in [0.1, 0.15) is 5.57 Å². The number of halogens is 1. The number of fused-ring (bicyclic) bond motifs is 1. The van der Waals surface area contributed by atoms with Crippen molar-refractivity contribution in [2.24, 2.45) is 0 Å². The van der Waals surface area contributed by atoms with Gasteiger partial charge in [-0.3, -0.25) is 19.8 Å². The Labute approximate surface area is 184 Å². The first-order valence-corrected chi connectivity index (χ1v) is 10.3. The summed E-state index contributed by atoms with van der Waals surface area (Å²) in [5, 5.41) is 4.16. The summed E-state index contributed by atoms with van der Waals surface area (Å²) in [5.41, 5.74) is 3.12. The summed E-state index contributed by atoms with van der Waals surface area (Å²) < 4.78 is 2.12. The molecule has 0 radical (unpaired) electrons. The molecule has 30 heavy (non-hydrogen) atoms. The quantitative estimate of drug-likeness (QED) is 0.356. The topological polar surface area (TPSA) is 54.3 Å². The van der Waals surface area contributed by atoms with Crippen LogP contribution in [0.2, 0.25) is 5.02 Å². The van der Waals surface area contributed by atoms with Gasteiger partial charge in [-0.15, -0.1) is 0 Å². The summed E-state index contributed by atoms with van der Waals surface area (Å²) in [6.45, 7) is 5.98. The molecule has 0 atom stereocenters. The molecular formula is C23H20ClN3O2S. The fourth-order valence-electron chi connectivity index (χ4n) is 3.64. The molecule has 1 aliphatic heterocycles. The molecule has 0 bridgehead atoms. The summed E-state index contributed by atoms with van der Waals surface area (Å²) in [6, 6.07) is 13.4. The molecule has 0 unspecified atom stereocenters. The van der Waals surface area contributed by atoms with Crippen LogP contribution in [0.1, 0.15) is 31.0 Å². The Morgan fingerprint density at radius 1 is 1.10 bits per heavy atom. The Morgan fingerprint density at radius 3 is 2.57 bits per heavy atom. The van der Waals surface area contributed by atoms with Crippen molar-refractivity contribution in [3.63, 3.8) is 0 Å². The van der Waals surface area contributed by atoms with Crippen molar-refractivity contribution in [3.8, 4) is 0 Å². The van der Waals surface area contributed by atoms with Gasteiger partial charge in [0.15, 0.2) is 5.11 Å². The number of thiocarbonyl (C=S) groups is 1. The minimum Gasteiger partial charge on any atom is -0.344 e. The van der Waals surface area contributed by atoms with Crippen molar-refractivity contribution < 1.29 is 9.59 Å². The Morgan fingerprint density at radius 2 is 1.83 bits per heavy atom. The first-order chi connectivity index (χ1) is 14.3. The second kappa shape index (κ2) is 7.70. The molecule has 1 fully saturated rings. The first kappa shape index (κ1) is 20.3. The number of carbonyl (C=O) groups excluding carboxylic acids is 2. The smallest absolute Gasteiger partial charge is 0.270 e. The monoisotopic (exact) mass is 437 g/mol. The fourth-order valence-corrected chi connectivity index (χ4v) is 4.09. The van der Waals surface area contributed by atoms with Crippen LogP contribution in [0.3, 0.4) is 0 Å². The number of rotatable bonds is 3. The summed E-state index contributed by atoms with van der Waals surface area (Å²) in [4.78, 5) is 27.4. The number of nitrogens with zero attached hydrogens (tertiary/aromatic N) is 2. The molecule has 0 aliphatic carbocycles. The molecule has 2 amide bonds. The minimum atomic E-state index is -0.512. The number of anilines is 1. The van der Waals surface area contributed by atoms with Crippen molar-refractivity contribution in [2.45, 2.75) is 26.8 Å². The van der Waals surface area contributed by atoms with Crippen LogP contribution in [0.15, 0.2) is 54.2 Å². The standard InChI is InChI=1S/C23H20ClN3O2S/c1-13(2)26-12-15(16-7-4-5-9-20(16)26)11-17-21(28)25-23(30)27(22(17)29)19-10-6-8-18(24)14(19)3/h4-13H,1-3H3,(H,25,28,30)/b17-11+. The number of amides is 2. The Kier molecular flexibility index (Phi) is 5.22. The van der Waals surface area contributed by atoms with E-state index in [1.54, 1.807) is 24.3 Å². The second-order valence-electron chi connectivity index (χ2n) is 7.44. The predicted octanol–water partition coefficient (Wildman–Crippen LogP) is 5.02. The number of aromatic nitrogens is 1. The average molecular weight is 438 g/mol. The van der Waals surface area contributed by atoms with E-state index in [0.717, 1.165) is 16.5 Å². The van der Waals surface area contributed by atoms with Gasteiger partial charge in [0.25, 0.3) is 11.8 Å². The third-order valence-electron chi connectivity index (χ3n) is 5.21. The summed E-state index contributed by atoms with van der Waals surface area (Å²) in [5.74, 6) is -0.988. The zero-order chi connectivity index (χ0) is 21.6. The van der Waals surface area contributed by atoms with Gasteiger partial charge in [0.2, 0.25) is 0 Å². The molecule has 0 saturated carbocycles. The number of hydrogen-bond donors (Lipinski definition) is 1. The zero-order valence-electron chi connectivity index (χ0n) is 16.8. The van der Waals surface area contributed by atoms with E-state index in [1.807, 2.05) is 37.4 Å². The Hall–Kier alpha value is -2.96. The molecule has 5 nitrogen and oxygen atoms in total. The zero-order valence-corrected chi connectivity index (χ0v) is 18.3. The Balaban J connectivity index is 1.85. The third-order valence-corrected chi connectivity index (χ3v) is 5.90. The molecule has 1 aliphatic rings. The van der Waals surface area contributed by atoms with Crippen LogP contribution in [-0.4, -0.2) is 21.5 Å². The summed E-state index contributed by atoms with van der Waals surface area (Å²) in [7, 11) is 0. The molecule has 4 rings (SSSR count). The minimum absolute atomic E-state index is 0.0228. The van der Waals surface area contributed by atoms with Gasteiger partial charge in [-0.2, -0.15) is 0 Å². The molecule has 1 aromatic heterocycles. The van der Waals surface area contributed by atoms with Crippen molar-refractivity contribution in [2.75, 3.05) is 4.90 Å². The van der Waals surface area contributed by atoms with Crippen molar-refractivity contribution in [3.05, 3.63) is 70.4 Å². The first-order valence-electron chi connectivity index (χ1n) is 9.55.